The van der Waals surface area contributed by atoms with Crippen molar-refractivity contribution in [1.82, 2.24) is 0 Å². The fourth-order valence-electron chi connectivity index (χ4n) is 2.06. The largest absolute Gasteiger partial charge is 0.489 e. The van der Waals surface area contributed by atoms with Gasteiger partial charge in [0.05, 0.1) is 5.71 Å². The van der Waals surface area contributed by atoms with Crippen molar-refractivity contribution in [3.63, 3.8) is 0 Å². The van der Waals surface area contributed by atoms with Crippen molar-refractivity contribution in [1.29, 1.82) is 0 Å². The van der Waals surface area contributed by atoms with Crippen LogP contribution in [0.3, 0.4) is 0 Å². The molecule has 104 valence electrons. The second-order valence-corrected chi connectivity index (χ2v) is 4.57. The van der Waals surface area contributed by atoms with E-state index in [4.69, 9.17) is 9.57 Å². The summed E-state index contributed by atoms with van der Waals surface area (Å²) in [6.45, 7) is 4.48. The maximum Gasteiger partial charge on any atom is 0.122 e. The second-order valence-electron chi connectivity index (χ2n) is 4.57. The molecule has 0 saturated heterocycles. The first-order valence-corrected chi connectivity index (χ1v) is 6.57. The van der Waals surface area contributed by atoms with Crippen molar-refractivity contribution >= 4 is 5.71 Å². The second kappa shape index (κ2) is 6.75. The summed E-state index contributed by atoms with van der Waals surface area (Å²) in [6.07, 6.45) is 0. The lowest BCUT2D eigenvalue weighted by molar-refractivity contribution is 0.213. The van der Waals surface area contributed by atoms with Crippen LogP contribution in [-0.4, -0.2) is 12.8 Å². The summed E-state index contributed by atoms with van der Waals surface area (Å²) in [4.78, 5) is 4.84. The third-order valence-electron chi connectivity index (χ3n) is 3.11. The Bertz CT molecular complexity index is 605. The number of nitrogens with zero attached hydrogens (tertiary/aromatic N) is 1. The number of hydrogen-bond donors (Lipinski definition) is 0. The molecule has 20 heavy (non-hydrogen) atoms. The standard InChI is InChI=1S/C17H19NO2/c1-13-8-4-7-11-17(13)20-12-15-9-5-6-10-16(15)14(2)18-19-3/h4-11H,12H2,1-3H3/b18-14+. The van der Waals surface area contributed by atoms with Crippen LogP contribution in [0.25, 0.3) is 0 Å². The van der Waals surface area contributed by atoms with Crippen molar-refractivity contribution in [2.75, 3.05) is 7.11 Å². The number of benzene rings is 2. The van der Waals surface area contributed by atoms with Crippen molar-refractivity contribution in [3.8, 4) is 5.75 Å². The Labute approximate surface area is 119 Å². The molecule has 0 atom stereocenters. The molecule has 2 rings (SSSR count). The van der Waals surface area contributed by atoms with E-state index in [0.717, 1.165) is 28.2 Å². The van der Waals surface area contributed by atoms with Crippen LogP contribution >= 0.6 is 0 Å². The zero-order chi connectivity index (χ0) is 14.4. The van der Waals surface area contributed by atoms with E-state index in [9.17, 15) is 0 Å². The number of para-hydroxylation sites is 1. The SMILES string of the molecule is CO/N=C(\C)c1ccccc1COc1ccccc1C. The molecule has 0 amide bonds. The van der Waals surface area contributed by atoms with Crippen LogP contribution < -0.4 is 4.74 Å². The van der Waals surface area contributed by atoms with E-state index >= 15 is 0 Å². The Morgan fingerprint density at radius 2 is 1.75 bits per heavy atom. The minimum absolute atomic E-state index is 0.512. The van der Waals surface area contributed by atoms with Gasteiger partial charge in [0.1, 0.15) is 19.5 Å². The zero-order valence-corrected chi connectivity index (χ0v) is 12.1. The summed E-state index contributed by atoms with van der Waals surface area (Å²) in [5, 5.41) is 3.99. The van der Waals surface area contributed by atoms with Gasteiger partial charge in [-0.25, -0.2) is 0 Å². The molecule has 0 heterocycles. The van der Waals surface area contributed by atoms with Gasteiger partial charge < -0.3 is 9.57 Å². The Morgan fingerprint density at radius 3 is 2.50 bits per heavy atom. The maximum atomic E-state index is 5.90. The lowest BCUT2D eigenvalue weighted by atomic mass is 10.0. The number of hydrogen-bond acceptors (Lipinski definition) is 3. The van der Waals surface area contributed by atoms with Crippen molar-refractivity contribution in [2.45, 2.75) is 20.5 Å². The monoisotopic (exact) mass is 269 g/mol. The lowest BCUT2D eigenvalue weighted by Gasteiger charge is -2.12. The quantitative estimate of drug-likeness (QED) is 0.608. The summed E-state index contributed by atoms with van der Waals surface area (Å²) >= 11 is 0. The Morgan fingerprint density at radius 1 is 1.05 bits per heavy atom. The molecule has 0 aliphatic carbocycles. The molecule has 2 aromatic carbocycles. The molecule has 3 heteroatoms. The smallest absolute Gasteiger partial charge is 0.122 e. The van der Waals surface area contributed by atoms with Gasteiger partial charge in [0.25, 0.3) is 0 Å². The summed E-state index contributed by atoms with van der Waals surface area (Å²) in [5.74, 6) is 0.906. The average molecular weight is 269 g/mol. The average Bonchev–Trinajstić information content (AvgIpc) is 2.47. The molecule has 0 aliphatic rings. The van der Waals surface area contributed by atoms with Crippen molar-refractivity contribution < 1.29 is 9.57 Å². The number of aryl methyl sites for hydroxylation is 1. The van der Waals surface area contributed by atoms with E-state index < -0.39 is 0 Å². The zero-order valence-electron chi connectivity index (χ0n) is 12.1. The molecule has 0 unspecified atom stereocenters. The van der Waals surface area contributed by atoms with Crippen molar-refractivity contribution in [3.05, 3.63) is 65.2 Å². The minimum Gasteiger partial charge on any atom is -0.489 e. The summed E-state index contributed by atoms with van der Waals surface area (Å²) in [5.41, 5.74) is 4.11. The molecule has 0 aliphatic heterocycles. The number of ether oxygens (including phenoxy) is 1. The Hall–Kier alpha value is -2.29. The first-order chi connectivity index (χ1) is 9.72. The molecule has 0 aromatic heterocycles. The lowest BCUT2D eigenvalue weighted by Crippen LogP contribution is -2.05. The molecule has 3 nitrogen and oxygen atoms in total. The van der Waals surface area contributed by atoms with Gasteiger partial charge in [0, 0.05) is 5.56 Å². The molecule has 0 saturated carbocycles. The van der Waals surface area contributed by atoms with Crippen LogP contribution in [0.5, 0.6) is 5.75 Å². The van der Waals surface area contributed by atoms with E-state index in [2.05, 4.69) is 5.16 Å². The normalized spacial score (nSPS) is 11.2. The third-order valence-corrected chi connectivity index (χ3v) is 3.11. The van der Waals surface area contributed by atoms with E-state index in [-0.39, 0.29) is 0 Å². The number of oxime groups is 1. The molecule has 0 radical (unpaired) electrons. The third kappa shape index (κ3) is 3.38. The highest BCUT2D eigenvalue weighted by Gasteiger charge is 2.07. The predicted octanol–water partition coefficient (Wildman–Crippen LogP) is 3.94. The van der Waals surface area contributed by atoms with Crippen LogP contribution in [0, 0.1) is 6.92 Å². The summed E-state index contributed by atoms with van der Waals surface area (Å²) < 4.78 is 5.90. The molecule has 2 aromatic rings. The van der Waals surface area contributed by atoms with Gasteiger partial charge in [-0.05, 0) is 31.0 Å². The van der Waals surface area contributed by atoms with Crippen LogP contribution in [0.15, 0.2) is 53.7 Å². The topological polar surface area (TPSA) is 30.8 Å². The predicted molar refractivity (Wildman–Crippen MR) is 81.2 cm³/mol. The Kier molecular flexibility index (Phi) is 4.77. The molecular weight excluding hydrogens is 250 g/mol. The maximum absolute atomic E-state index is 5.90. The van der Waals surface area contributed by atoms with Crippen LogP contribution in [0.2, 0.25) is 0 Å². The molecule has 0 fully saturated rings. The van der Waals surface area contributed by atoms with Gasteiger partial charge in [0.15, 0.2) is 0 Å². The van der Waals surface area contributed by atoms with Gasteiger partial charge in [-0.2, -0.15) is 0 Å². The van der Waals surface area contributed by atoms with Crippen LogP contribution in [0.1, 0.15) is 23.6 Å². The van der Waals surface area contributed by atoms with Gasteiger partial charge in [-0.15, -0.1) is 0 Å². The molecule has 0 spiro atoms. The van der Waals surface area contributed by atoms with Crippen molar-refractivity contribution in [2.24, 2.45) is 5.16 Å². The Balaban J connectivity index is 2.18. The molecular formula is C17H19NO2. The molecule has 0 bridgehead atoms. The van der Waals surface area contributed by atoms with E-state index in [1.807, 2.05) is 62.4 Å². The van der Waals surface area contributed by atoms with Gasteiger partial charge in [-0.1, -0.05) is 47.6 Å². The molecule has 0 N–H and O–H groups in total. The van der Waals surface area contributed by atoms with Gasteiger partial charge >= 0.3 is 0 Å². The first-order valence-electron chi connectivity index (χ1n) is 6.57. The van der Waals surface area contributed by atoms with E-state index in [1.165, 1.54) is 0 Å². The highest BCUT2D eigenvalue weighted by atomic mass is 16.6. The fraction of sp³-hybridized carbons (Fsp3) is 0.235. The number of rotatable bonds is 5. The highest BCUT2D eigenvalue weighted by molar-refractivity contribution is 5.99. The fourth-order valence-corrected chi connectivity index (χ4v) is 2.06. The highest BCUT2D eigenvalue weighted by Crippen LogP contribution is 2.19. The summed E-state index contributed by atoms with van der Waals surface area (Å²) in [6, 6.07) is 16.1. The van der Waals surface area contributed by atoms with Gasteiger partial charge in [0.2, 0.25) is 0 Å². The van der Waals surface area contributed by atoms with E-state index in [1.54, 1.807) is 7.11 Å². The van der Waals surface area contributed by atoms with E-state index in [0.29, 0.717) is 6.61 Å². The minimum atomic E-state index is 0.512. The first kappa shape index (κ1) is 14.1. The van der Waals surface area contributed by atoms with Crippen LogP contribution in [-0.2, 0) is 11.4 Å². The summed E-state index contributed by atoms with van der Waals surface area (Å²) in [7, 11) is 1.55. The van der Waals surface area contributed by atoms with Gasteiger partial charge in [-0.3, -0.25) is 0 Å². The van der Waals surface area contributed by atoms with Crippen LogP contribution in [0.4, 0.5) is 0 Å².